The minimum Gasteiger partial charge on any atom is -0.424 e. The van der Waals surface area contributed by atoms with Crippen molar-refractivity contribution in [1.29, 1.82) is 0 Å². The lowest BCUT2D eigenvalue weighted by atomic mass is 10.1. The molecule has 0 unspecified atom stereocenters. The summed E-state index contributed by atoms with van der Waals surface area (Å²) in [7, 11) is 1.68. The number of benzene rings is 1. The number of hydrogen-bond donors (Lipinski definition) is 1. The fraction of sp³-hybridized carbons (Fsp3) is 0.368. The number of aryl methyl sites for hydroxylation is 1. The molecule has 8 nitrogen and oxygen atoms in total. The minimum absolute atomic E-state index is 0.219. The third kappa shape index (κ3) is 4.16. The highest BCUT2D eigenvalue weighted by molar-refractivity contribution is 5.93. The number of rotatable bonds is 4. The summed E-state index contributed by atoms with van der Waals surface area (Å²) in [5.74, 6) is 1.50. The second-order valence-electron chi connectivity index (χ2n) is 7.36. The molecule has 0 spiro atoms. The maximum atomic E-state index is 12.8. The Bertz CT molecular complexity index is 923. The van der Waals surface area contributed by atoms with E-state index in [9.17, 15) is 4.79 Å². The molecular weight excluding hydrogens is 344 g/mol. The molecule has 0 atom stereocenters. The van der Waals surface area contributed by atoms with Gasteiger partial charge in [0.1, 0.15) is 12.4 Å². The summed E-state index contributed by atoms with van der Waals surface area (Å²) in [6.07, 6.45) is 1.78. The molecule has 0 aliphatic rings. The number of carbonyl (C=O) groups excluding carboxylic acids is 1. The Morgan fingerprint density at radius 1 is 1.22 bits per heavy atom. The Kier molecular flexibility index (Phi) is 4.98. The highest BCUT2D eigenvalue weighted by atomic mass is 16.4. The van der Waals surface area contributed by atoms with Gasteiger partial charge in [0.2, 0.25) is 11.8 Å². The van der Waals surface area contributed by atoms with Gasteiger partial charge in [-0.3, -0.25) is 5.32 Å². The number of anilines is 1. The van der Waals surface area contributed by atoms with Crippen molar-refractivity contribution >= 4 is 11.8 Å². The Balaban J connectivity index is 1.88. The van der Waals surface area contributed by atoms with Crippen LogP contribution >= 0.6 is 0 Å². The lowest BCUT2D eigenvalue weighted by Gasteiger charge is -2.24. The van der Waals surface area contributed by atoms with Gasteiger partial charge in [-0.25, -0.2) is 9.48 Å². The number of hydrogen-bond acceptors (Lipinski definition) is 5. The molecule has 1 N–H and O–H groups in total. The topological polar surface area (TPSA) is 89.1 Å². The average Bonchev–Trinajstić information content (AvgIpc) is 3.21. The number of amides is 2. The molecule has 2 amide bonds. The van der Waals surface area contributed by atoms with E-state index in [0.717, 1.165) is 11.1 Å². The molecule has 0 aliphatic carbocycles. The van der Waals surface area contributed by atoms with E-state index in [2.05, 4.69) is 20.6 Å². The predicted octanol–water partition coefficient (Wildman–Crippen LogP) is 3.66. The third-order valence-electron chi connectivity index (χ3n) is 4.00. The van der Waals surface area contributed by atoms with Crippen molar-refractivity contribution in [2.75, 3.05) is 12.4 Å². The van der Waals surface area contributed by atoms with Crippen LogP contribution in [0.15, 0.2) is 40.9 Å². The van der Waals surface area contributed by atoms with E-state index in [-0.39, 0.29) is 18.1 Å². The van der Waals surface area contributed by atoms with Gasteiger partial charge in [-0.2, -0.15) is 5.10 Å². The molecule has 8 heteroatoms. The Hall–Kier alpha value is -3.16. The number of nitrogens with one attached hydrogen (secondary N) is 1. The molecule has 2 heterocycles. The highest BCUT2D eigenvalue weighted by Crippen LogP contribution is 2.31. The van der Waals surface area contributed by atoms with Crippen LogP contribution in [0.25, 0.3) is 11.1 Å². The molecule has 0 aliphatic heterocycles. The lowest BCUT2D eigenvalue weighted by molar-refractivity contribution is 0.215. The first-order valence-electron chi connectivity index (χ1n) is 8.70. The first kappa shape index (κ1) is 18.6. The van der Waals surface area contributed by atoms with Crippen molar-refractivity contribution in [3.8, 4) is 11.1 Å². The second kappa shape index (κ2) is 7.22. The zero-order valence-corrected chi connectivity index (χ0v) is 16.2. The average molecular weight is 368 g/mol. The summed E-state index contributed by atoms with van der Waals surface area (Å²) in [5, 5.41) is 15.2. The van der Waals surface area contributed by atoms with Crippen LogP contribution in [0.2, 0.25) is 0 Å². The molecular formula is C19H24N6O2. The largest absolute Gasteiger partial charge is 0.424 e. The number of nitrogens with zero attached hydrogens (tertiary/aromatic N) is 5. The Morgan fingerprint density at radius 3 is 2.52 bits per heavy atom. The van der Waals surface area contributed by atoms with Gasteiger partial charge in [0.05, 0.1) is 11.7 Å². The fourth-order valence-corrected chi connectivity index (χ4v) is 2.68. The Labute approximate surface area is 158 Å². The molecule has 142 valence electrons. The maximum absolute atomic E-state index is 12.8. The van der Waals surface area contributed by atoms with Crippen molar-refractivity contribution in [3.63, 3.8) is 0 Å². The molecule has 2 aromatic heterocycles. The quantitative estimate of drug-likeness (QED) is 0.759. The van der Waals surface area contributed by atoms with Gasteiger partial charge in [0.15, 0.2) is 0 Å². The number of aromatic nitrogens is 4. The second-order valence-corrected chi connectivity index (χ2v) is 7.36. The van der Waals surface area contributed by atoms with Gasteiger partial charge in [-0.15, -0.1) is 10.2 Å². The molecule has 0 bridgehead atoms. The smallest absolute Gasteiger partial charge is 0.323 e. The number of carbonyl (C=O) groups is 1. The van der Waals surface area contributed by atoms with Crippen molar-refractivity contribution in [2.24, 2.45) is 0 Å². The van der Waals surface area contributed by atoms with Crippen LogP contribution in [0.5, 0.6) is 0 Å². The van der Waals surface area contributed by atoms with Crippen molar-refractivity contribution in [2.45, 2.75) is 39.8 Å². The summed E-state index contributed by atoms with van der Waals surface area (Å²) in [6.45, 7) is 8.04. The van der Waals surface area contributed by atoms with E-state index in [0.29, 0.717) is 17.6 Å². The van der Waals surface area contributed by atoms with Gasteiger partial charge in [-0.05, 0) is 26.3 Å². The minimum atomic E-state index is -0.294. The van der Waals surface area contributed by atoms with Gasteiger partial charge >= 0.3 is 6.03 Å². The van der Waals surface area contributed by atoms with E-state index in [1.165, 1.54) is 4.90 Å². The normalized spacial score (nSPS) is 11.4. The molecule has 27 heavy (non-hydrogen) atoms. The monoisotopic (exact) mass is 368 g/mol. The van der Waals surface area contributed by atoms with Gasteiger partial charge in [0.25, 0.3) is 0 Å². The molecule has 0 radical (unpaired) electrons. The van der Waals surface area contributed by atoms with Crippen LogP contribution in [0.3, 0.4) is 0 Å². The molecule has 0 fully saturated rings. The summed E-state index contributed by atoms with van der Waals surface area (Å²) >= 11 is 0. The first-order chi connectivity index (χ1) is 12.8. The van der Waals surface area contributed by atoms with E-state index in [1.807, 2.05) is 55.8 Å². The van der Waals surface area contributed by atoms with Crippen molar-refractivity contribution in [1.82, 2.24) is 24.9 Å². The van der Waals surface area contributed by atoms with Crippen LogP contribution in [0, 0.1) is 6.92 Å². The SMILES string of the molecule is Cc1nnc(CN(C)C(=O)Nc2c(-c3ccccc3)cnn2C(C)(C)C)o1. The maximum Gasteiger partial charge on any atom is 0.323 e. The van der Waals surface area contributed by atoms with Gasteiger partial charge < -0.3 is 9.32 Å². The first-order valence-corrected chi connectivity index (χ1v) is 8.70. The van der Waals surface area contributed by atoms with Gasteiger partial charge in [0, 0.05) is 19.5 Å². The van der Waals surface area contributed by atoms with Crippen LogP contribution in [-0.2, 0) is 12.1 Å². The summed E-state index contributed by atoms with van der Waals surface area (Å²) < 4.78 is 7.17. The fourth-order valence-electron chi connectivity index (χ4n) is 2.68. The zero-order valence-electron chi connectivity index (χ0n) is 16.2. The summed E-state index contributed by atoms with van der Waals surface area (Å²) in [6, 6.07) is 9.57. The van der Waals surface area contributed by atoms with Crippen molar-refractivity contribution in [3.05, 3.63) is 48.3 Å². The lowest BCUT2D eigenvalue weighted by Crippen LogP contribution is -2.34. The zero-order chi connectivity index (χ0) is 19.6. The number of urea groups is 1. The molecule has 0 saturated carbocycles. The standard InChI is InChI=1S/C19H24N6O2/c1-13-22-23-16(27-13)12-24(5)18(26)21-17-15(14-9-7-6-8-10-14)11-20-25(17)19(2,3)4/h6-11H,12H2,1-5H3,(H,21,26). The summed E-state index contributed by atoms with van der Waals surface area (Å²) in [4.78, 5) is 14.3. The summed E-state index contributed by atoms with van der Waals surface area (Å²) in [5.41, 5.74) is 1.55. The highest BCUT2D eigenvalue weighted by Gasteiger charge is 2.24. The van der Waals surface area contributed by atoms with Crippen LogP contribution in [0.4, 0.5) is 10.6 Å². The predicted molar refractivity (Wildman–Crippen MR) is 102 cm³/mol. The van der Waals surface area contributed by atoms with Crippen LogP contribution in [0.1, 0.15) is 32.6 Å². The van der Waals surface area contributed by atoms with Crippen LogP contribution in [-0.4, -0.2) is 38.0 Å². The van der Waals surface area contributed by atoms with Gasteiger partial charge in [-0.1, -0.05) is 30.3 Å². The molecule has 0 saturated heterocycles. The molecule has 3 aromatic rings. The molecule has 3 rings (SSSR count). The van der Waals surface area contributed by atoms with E-state index in [1.54, 1.807) is 20.2 Å². The molecule has 1 aromatic carbocycles. The third-order valence-corrected chi connectivity index (χ3v) is 4.00. The van der Waals surface area contributed by atoms with E-state index < -0.39 is 0 Å². The Morgan fingerprint density at radius 2 is 1.93 bits per heavy atom. The van der Waals surface area contributed by atoms with Crippen molar-refractivity contribution < 1.29 is 9.21 Å². The van der Waals surface area contributed by atoms with E-state index >= 15 is 0 Å². The van der Waals surface area contributed by atoms with Crippen LogP contribution < -0.4 is 5.32 Å². The van der Waals surface area contributed by atoms with E-state index in [4.69, 9.17) is 4.42 Å².